The third kappa shape index (κ3) is 33.0. The van der Waals surface area contributed by atoms with Gasteiger partial charge < -0.3 is 125 Å². The smallest absolute Gasteiger partial charge is 0.336 e. The first-order valence-corrected chi connectivity index (χ1v) is 53.0. The molecular formula is C104H129IN20O23S2. The van der Waals surface area contributed by atoms with Crippen molar-refractivity contribution < 1.29 is 107 Å². The Morgan fingerprint density at radius 2 is 1.32 bits per heavy atom. The van der Waals surface area contributed by atoms with E-state index < -0.39 is 192 Å². The quantitative estimate of drug-likeness (QED) is 0.00851. The van der Waals surface area contributed by atoms with Crippen LogP contribution in [0.1, 0.15) is 153 Å². The van der Waals surface area contributed by atoms with Gasteiger partial charge in [-0.1, -0.05) is 137 Å². The van der Waals surface area contributed by atoms with Gasteiger partial charge >= 0.3 is 18.0 Å². The van der Waals surface area contributed by atoms with Crippen molar-refractivity contribution in [3.63, 3.8) is 0 Å². The van der Waals surface area contributed by atoms with Gasteiger partial charge in [-0.2, -0.15) is 0 Å². The number of carboxylic acid groups (broad SMARTS) is 2. The van der Waals surface area contributed by atoms with Crippen LogP contribution in [-0.4, -0.2) is 260 Å². The van der Waals surface area contributed by atoms with E-state index in [4.69, 9.17) is 10.2 Å². The summed E-state index contributed by atoms with van der Waals surface area (Å²) in [4.78, 5) is 250. The number of urea groups is 1. The van der Waals surface area contributed by atoms with E-state index in [-0.39, 0.29) is 145 Å². The van der Waals surface area contributed by atoms with Crippen molar-refractivity contribution in [2.24, 2.45) is 35.3 Å². The number of benzene rings is 5. The standard InChI is InChI=1S/C54H54N10O10.C50H75IN10O13S2/c1-56-50(68)44(28-47-57-21-22-58-47)64-51(69)42(23-30-9-3-2-4-10-30)63-52(70)43(24-31-29-60-41-13-6-5-11-35(31)41)62-49(67)40(55)12-7-8-20-59-54(73)61-32-14-17-36(39(25-32)53(71)72)48-37-18-15-33(65)26-45(37)74-46-27-34(66)16-19-38(46)48;1-9-26(6)42(49(73)54-33(28(8)62)12-24(2)3)60-46(70)36(16-30-19-52-23-53-30)56-47(71)38-22-76-75-21-27(7)50(74)61-20-31(63)17-39(61)48(72)58-35(15-29-10-11-40(64)32(51)14-29)44(68)57-37(18-41(65)66)45(69)55-34(13-25(4)5)43(67)59-38/h2-6,9-11,13-19,21-22,25-27,29,40,42-44,60,65H,7-8,12,20,23-24,28,55H2,1H3,(H,56,68)(H,57,58)(H,62,67)(H,63,70)(H,64,69)(H,71,72)(H2,59,61,73);11,14,19,23-27,29,31,33-39,42,63-64H,9-10,12-13,15-18,20-22H2,1-8H3,(H,52,53)(H,54,73)(H,55,69)(H,56,71)(H,57,68)(H,58,72)(H,59,67)(H,60,70)(H,65,66)/t40-,42+,43+,44+;26?,27-,29?,31?,33-,34-,35-,36-,37-,38-,39-,42-/m10/s1. The number of fused-ring (bicyclic) bond motifs is 4. The number of aromatic amines is 3. The molecule has 0 radical (unpaired) electrons. The lowest BCUT2D eigenvalue weighted by Gasteiger charge is -2.30. The Morgan fingerprint density at radius 1 is 0.660 bits per heavy atom. The minimum atomic E-state index is -1.80. The third-order valence-corrected chi connectivity index (χ3v) is 29.2. The summed E-state index contributed by atoms with van der Waals surface area (Å²) in [5.74, 6) is -13.0. The fraction of sp³-hybridized carbons (Fsp3) is 0.433. The van der Waals surface area contributed by atoms with Crippen molar-refractivity contribution in [2.45, 2.75) is 224 Å². The van der Waals surface area contributed by atoms with Gasteiger partial charge in [0.1, 0.15) is 89.1 Å². The molecule has 802 valence electrons. The molecule has 43 nitrogen and oxygen atoms in total. The number of carbonyl (C=O) groups excluding carboxylic acids is 14. The van der Waals surface area contributed by atoms with Crippen LogP contribution in [0.25, 0.3) is 44.3 Å². The van der Waals surface area contributed by atoms with Gasteiger partial charge in [-0.3, -0.25) is 71.9 Å². The summed E-state index contributed by atoms with van der Waals surface area (Å²) in [7, 11) is 3.73. The number of nitrogens with zero attached hydrogens (tertiary/aromatic N) is 3. The van der Waals surface area contributed by atoms with Crippen LogP contribution in [0.5, 0.6) is 5.75 Å². The number of allylic oxidation sites excluding steroid dienone is 3. The van der Waals surface area contributed by atoms with E-state index in [9.17, 15) is 107 Å². The maximum Gasteiger partial charge on any atom is 0.336 e. The van der Waals surface area contributed by atoms with Gasteiger partial charge in [0.2, 0.25) is 70.9 Å². The molecule has 0 bridgehead atoms. The summed E-state index contributed by atoms with van der Waals surface area (Å²) in [6.45, 7) is 13.9. The number of aliphatic hydroxyl groups is 2. The normalized spacial score (nSPS) is 19.5. The number of aromatic hydroxyl groups is 1. The number of phenolic OH excluding ortho intramolecular Hbond substituents is 1. The van der Waals surface area contributed by atoms with Gasteiger partial charge in [0.25, 0.3) is 0 Å². The number of phenols is 1. The summed E-state index contributed by atoms with van der Waals surface area (Å²) in [5, 5.41) is 87.9. The number of para-hydroxylation sites is 1. The zero-order valence-electron chi connectivity index (χ0n) is 84.3. The molecule has 2 aliphatic carbocycles. The number of halogens is 1. The second-order valence-corrected chi connectivity index (χ2v) is 42.1. The minimum Gasteiger partial charge on any atom is -0.508 e. The average Bonchev–Trinajstić information content (AvgIpc) is 0.779. The topological polar surface area (TPSA) is 663 Å². The van der Waals surface area contributed by atoms with Gasteiger partial charge in [-0.05, 0) is 163 Å². The summed E-state index contributed by atoms with van der Waals surface area (Å²) in [6, 6.07) is 13.8. The number of amides is 14. The van der Waals surface area contributed by atoms with Gasteiger partial charge in [-0.25, -0.2) is 19.6 Å². The SMILES string of the molecule is CCC(C)[C@H](NC(=O)[C@H](Cc1cnc[nH]1)NC(=O)[C@@H]1CSSC[C@H](C)C(=O)N2CC(O)C[C@H]2C(=O)N[C@@H](CC2C=C(I)C(O)=CC2)C(=O)N[C@@H](CC(=O)O)C(=O)N[C@@H](CC(C)C)C(=O)N1)C(=O)N[C@@H](CC(C)C)C(C)=O.CNC(=O)[C@H](Cc1ncc[nH]1)NC(=O)[C@H](Cc1ccccc1)NC(=O)[C@H](Cc1c[nH]c2ccccc12)NC(=O)[C@H](N)CCCCNC(=O)Nc1ccc(-c2c3ccc(=O)cc-3oc3cc(O)ccc23)c(C(=O)O)c1. The predicted molar refractivity (Wildman–Crippen MR) is 569 cm³/mol. The number of aliphatic carboxylic acids is 1. The molecule has 16 atom stereocenters. The summed E-state index contributed by atoms with van der Waals surface area (Å²) in [5.41, 5.74) is 10.3. The molecule has 2 saturated heterocycles. The molecule has 0 spiro atoms. The summed E-state index contributed by atoms with van der Waals surface area (Å²) >= 11 is 1.92. The molecule has 3 aliphatic heterocycles. The summed E-state index contributed by atoms with van der Waals surface area (Å²) < 4.78 is 6.39. The molecule has 150 heavy (non-hydrogen) atoms. The molecular weight excluding hydrogens is 2090 g/mol. The highest BCUT2D eigenvalue weighted by atomic mass is 127. The number of hydrogen-bond acceptors (Lipinski definition) is 26. The molecule has 12 rings (SSSR count). The lowest BCUT2D eigenvalue weighted by atomic mass is 9.90. The highest BCUT2D eigenvalue weighted by Crippen LogP contribution is 2.43. The Balaban J connectivity index is 0.000000284. The van der Waals surface area contributed by atoms with E-state index in [1.165, 1.54) is 78.7 Å². The highest BCUT2D eigenvalue weighted by molar-refractivity contribution is 14.1. The third-order valence-electron chi connectivity index (χ3n) is 25.7. The zero-order chi connectivity index (χ0) is 109. The van der Waals surface area contributed by atoms with E-state index in [2.05, 4.69) is 94.0 Å². The molecule has 46 heteroatoms. The molecule has 3 aromatic heterocycles. The van der Waals surface area contributed by atoms with Crippen molar-refractivity contribution in [1.29, 1.82) is 0 Å². The number of rotatable bonds is 40. The monoisotopic (exact) mass is 2220 g/mol. The van der Waals surface area contributed by atoms with Gasteiger partial charge in [0, 0.05) is 145 Å². The number of aliphatic hydroxyl groups excluding tert-OH is 2. The predicted octanol–water partition coefficient (Wildman–Crippen LogP) is 6.43. The van der Waals surface area contributed by atoms with Crippen molar-refractivity contribution in [3.05, 3.63) is 200 Å². The van der Waals surface area contributed by atoms with Crippen LogP contribution in [0.3, 0.4) is 0 Å². The number of ketones is 1. The first-order valence-electron chi connectivity index (χ1n) is 49.4. The second kappa shape index (κ2) is 55.1. The molecule has 2 fully saturated rings. The number of unbranched alkanes of at least 4 members (excludes halogenated alkanes) is 1. The van der Waals surface area contributed by atoms with E-state index in [1.807, 2.05) is 85.8 Å². The lowest BCUT2D eigenvalue weighted by Crippen LogP contribution is -2.61. The van der Waals surface area contributed by atoms with E-state index in [1.54, 1.807) is 88.6 Å². The minimum absolute atomic E-state index is 0.0256. The molecule has 4 aromatic carbocycles. The van der Waals surface area contributed by atoms with Crippen molar-refractivity contribution in [1.82, 2.24) is 93.6 Å². The number of aromatic carboxylic acids is 1. The Labute approximate surface area is 885 Å². The fourth-order valence-electron chi connectivity index (χ4n) is 17.6. The number of anilines is 1. The van der Waals surface area contributed by atoms with Gasteiger partial charge in [-0.15, -0.1) is 0 Å². The maximum absolute atomic E-state index is 14.6. The molecule has 5 aliphatic rings. The Morgan fingerprint density at radius 3 is 1.99 bits per heavy atom. The first kappa shape index (κ1) is 116. The van der Waals surface area contributed by atoms with E-state index in [0.29, 0.717) is 57.3 Å². The molecule has 7 aromatic rings. The van der Waals surface area contributed by atoms with Crippen LogP contribution < -0.4 is 80.3 Å². The molecule has 3 unspecified atom stereocenters. The number of Topliss-reactive ketones (excluding diaryl/α,β-unsaturated/α-hetero) is 1. The van der Waals surface area contributed by atoms with Crippen molar-refractivity contribution >= 4 is 166 Å². The van der Waals surface area contributed by atoms with Crippen LogP contribution >= 0.6 is 44.2 Å². The summed E-state index contributed by atoms with van der Waals surface area (Å²) in [6.07, 6.45) is 10.7. The number of likely N-dealkylation sites (N-methyl/N-ethyl adjacent to an activating group) is 1. The zero-order valence-corrected chi connectivity index (χ0v) is 88.0. The van der Waals surface area contributed by atoms with Crippen LogP contribution in [0.15, 0.2) is 171 Å². The molecule has 0 saturated carbocycles. The average molecular weight is 2220 g/mol. The number of aromatic nitrogens is 5. The first-order chi connectivity index (χ1) is 71.5. The molecule has 6 heterocycles. The molecule has 23 N–H and O–H groups in total. The van der Waals surface area contributed by atoms with Gasteiger partial charge in [0.15, 0.2) is 11.2 Å². The van der Waals surface area contributed by atoms with Crippen LogP contribution in [0.2, 0.25) is 0 Å². The number of hydrogen-bond donors (Lipinski definition) is 22. The Hall–Kier alpha value is -14.5. The number of imidazole rings is 2. The van der Waals surface area contributed by atoms with Crippen molar-refractivity contribution in [2.75, 3.05) is 37.0 Å². The highest BCUT2D eigenvalue weighted by Gasteiger charge is 2.44. The van der Waals surface area contributed by atoms with Crippen molar-refractivity contribution in [3.8, 4) is 28.2 Å². The lowest BCUT2D eigenvalue weighted by molar-refractivity contribution is -0.142. The van der Waals surface area contributed by atoms with Crippen LogP contribution in [-0.2, 0) is 92.8 Å². The number of nitrogens with one attached hydrogen (secondary N) is 16. The van der Waals surface area contributed by atoms with Crippen LogP contribution in [0.4, 0.5) is 10.5 Å². The molecule has 14 amide bonds. The second-order valence-electron chi connectivity index (χ2n) is 38.3. The Kier molecular flexibility index (Phi) is 42.5. The number of nitrogens with two attached hydrogens (primary N) is 1. The number of carbonyl (C=O) groups is 16. The van der Waals surface area contributed by atoms with Crippen LogP contribution in [0, 0.1) is 29.6 Å². The van der Waals surface area contributed by atoms with Gasteiger partial charge in [0.05, 0.1) is 40.1 Å². The van der Waals surface area contributed by atoms with E-state index >= 15 is 0 Å². The fourth-order valence-corrected chi connectivity index (χ4v) is 20.8. The maximum atomic E-state index is 14.6. The van der Waals surface area contributed by atoms with E-state index in [0.717, 1.165) is 32.8 Å². The number of H-pyrrole nitrogens is 3. The largest absolute Gasteiger partial charge is 0.508 e. The Bertz CT molecular complexity index is 6420. The number of carboxylic acids is 2.